The molecule has 1 aliphatic heterocycles. The van der Waals surface area contributed by atoms with Crippen molar-refractivity contribution in [2.75, 3.05) is 0 Å². The van der Waals surface area contributed by atoms with Gasteiger partial charge >= 0.3 is 0 Å². The van der Waals surface area contributed by atoms with E-state index in [1.165, 1.54) is 6.20 Å². The van der Waals surface area contributed by atoms with E-state index in [9.17, 15) is 13.6 Å². The van der Waals surface area contributed by atoms with Gasteiger partial charge in [-0.25, -0.2) is 0 Å². The summed E-state index contributed by atoms with van der Waals surface area (Å²) in [5, 5.41) is 11.3. The van der Waals surface area contributed by atoms with Gasteiger partial charge in [-0.05, 0) is 28.8 Å². The zero-order chi connectivity index (χ0) is 16.2. The Kier molecular flexibility index (Phi) is 4.52. The topological polar surface area (TPSA) is 61.6 Å². The fourth-order valence-electron chi connectivity index (χ4n) is 2.56. The number of rotatable bonds is 3. The van der Waals surface area contributed by atoms with Crippen molar-refractivity contribution in [1.82, 2.24) is 0 Å². The van der Waals surface area contributed by atoms with E-state index in [4.69, 9.17) is 0 Å². The molecule has 1 aliphatic rings. The second-order valence-corrected chi connectivity index (χ2v) is 6.10. The van der Waals surface area contributed by atoms with Crippen molar-refractivity contribution in [1.29, 1.82) is 0 Å². The number of allylic oxidation sites excluding steroid dienone is 2. The smallest absolute Gasteiger partial charge is 0.277 e. The molecule has 3 rings (SSSR count). The highest BCUT2D eigenvalue weighted by molar-refractivity contribution is 7.72. The third-order valence-corrected chi connectivity index (χ3v) is 4.48. The molecular formula is C18H15NO3S. The Hall–Kier alpha value is -2.47. The minimum absolute atomic E-state index is 0.139. The molecule has 1 heterocycles. The van der Waals surface area contributed by atoms with Crippen LogP contribution in [0.1, 0.15) is 5.56 Å². The Morgan fingerprint density at radius 2 is 1.57 bits per heavy atom. The van der Waals surface area contributed by atoms with Crippen molar-refractivity contribution in [3.63, 3.8) is 0 Å². The third-order valence-electron chi connectivity index (χ3n) is 3.68. The molecule has 0 aromatic heterocycles. The Labute approximate surface area is 136 Å². The first-order valence-electron chi connectivity index (χ1n) is 7.17. The highest BCUT2D eigenvalue weighted by atomic mass is 32.2. The minimum Gasteiger partial charge on any atom is -0.623 e. The van der Waals surface area contributed by atoms with Crippen LogP contribution < -0.4 is 5.06 Å². The normalized spacial score (nSPS) is 17.0. The predicted molar refractivity (Wildman–Crippen MR) is 91.1 cm³/mol. The fraction of sp³-hybridized carbons (Fsp3) is 0.0556. The van der Waals surface area contributed by atoms with Crippen LogP contribution in [-0.4, -0.2) is 13.4 Å². The van der Waals surface area contributed by atoms with Crippen molar-refractivity contribution in [2.24, 2.45) is 0 Å². The van der Waals surface area contributed by atoms with Crippen LogP contribution in [0.25, 0.3) is 11.1 Å². The van der Waals surface area contributed by atoms with E-state index in [1.54, 1.807) is 12.2 Å². The molecule has 5 heteroatoms. The van der Waals surface area contributed by atoms with E-state index < -0.39 is 15.4 Å². The molecule has 0 bridgehead atoms. The number of benzene rings is 2. The van der Waals surface area contributed by atoms with Crippen LogP contribution in [0.15, 0.2) is 78.5 Å². The molecule has 1 unspecified atom stereocenters. The van der Waals surface area contributed by atoms with Gasteiger partial charge in [0.05, 0.1) is 0 Å². The lowest BCUT2D eigenvalue weighted by Gasteiger charge is -2.21. The maximum atomic E-state index is 11.7. The molecule has 2 aromatic rings. The molecule has 4 nitrogen and oxygen atoms in total. The van der Waals surface area contributed by atoms with Gasteiger partial charge in [-0.15, -0.1) is 0 Å². The molecule has 0 spiro atoms. The van der Waals surface area contributed by atoms with Crippen LogP contribution in [0.2, 0.25) is 0 Å². The zero-order valence-electron chi connectivity index (χ0n) is 12.3. The molecule has 0 saturated carbocycles. The maximum Gasteiger partial charge on any atom is 0.277 e. The summed E-state index contributed by atoms with van der Waals surface area (Å²) in [7, 11) is -2.52. The largest absolute Gasteiger partial charge is 0.623 e. The SMILES string of the molecule is O=S(=O)=C1C(Cc2ccc(-c3ccccc3)cc2)=CC=C[NH+]1[O-]. The summed E-state index contributed by atoms with van der Waals surface area (Å²) < 4.78 is 22.5. The van der Waals surface area contributed by atoms with Gasteiger partial charge in [-0.2, -0.15) is 8.42 Å². The molecule has 0 saturated heterocycles. The van der Waals surface area contributed by atoms with E-state index in [-0.39, 0.29) is 4.99 Å². The van der Waals surface area contributed by atoms with Crippen LogP contribution in [0.4, 0.5) is 0 Å². The first kappa shape index (κ1) is 15.4. The number of quaternary nitrogens is 1. The third kappa shape index (κ3) is 3.48. The molecule has 1 atom stereocenters. The maximum absolute atomic E-state index is 11.7. The zero-order valence-corrected chi connectivity index (χ0v) is 13.1. The van der Waals surface area contributed by atoms with E-state index in [0.29, 0.717) is 12.0 Å². The number of hydrogen-bond acceptors (Lipinski definition) is 3. The Balaban J connectivity index is 1.85. The Morgan fingerprint density at radius 3 is 2.22 bits per heavy atom. The van der Waals surface area contributed by atoms with E-state index >= 15 is 0 Å². The number of nitrogens with one attached hydrogen (secondary N) is 1. The van der Waals surface area contributed by atoms with Gasteiger partial charge in [0, 0.05) is 12.0 Å². The quantitative estimate of drug-likeness (QED) is 0.691. The minimum atomic E-state index is -2.52. The molecule has 0 amide bonds. The van der Waals surface area contributed by atoms with Crippen molar-refractivity contribution < 1.29 is 13.5 Å². The molecule has 2 aromatic carbocycles. The van der Waals surface area contributed by atoms with Gasteiger partial charge in [-0.1, -0.05) is 54.6 Å². The van der Waals surface area contributed by atoms with Gasteiger partial charge in [0.2, 0.25) is 0 Å². The summed E-state index contributed by atoms with van der Waals surface area (Å²) >= 11 is 0. The van der Waals surface area contributed by atoms with Gasteiger partial charge in [0.15, 0.2) is 0 Å². The number of hydrogen-bond donors (Lipinski definition) is 1. The van der Waals surface area contributed by atoms with Crippen LogP contribution in [0, 0.1) is 5.21 Å². The highest BCUT2D eigenvalue weighted by Gasteiger charge is 2.18. The van der Waals surface area contributed by atoms with Crippen molar-refractivity contribution in [3.8, 4) is 11.1 Å². The lowest BCUT2D eigenvalue weighted by Crippen LogP contribution is -3.06. The lowest BCUT2D eigenvalue weighted by molar-refractivity contribution is -0.680. The standard InChI is InChI=1S/C18H15NO3S/c20-19-12-4-7-17(18(19)23(21)22)13-14-8-10-16(11-9-14)15-5-2-1-3-6-15/h1-12,19H,13H2. The van der Waals surface area contributed by atoms with Gasteiger partial charge < -0.3 is 10.3 Å². The van der Waals surface area contributed by atoms with Crippen molar-refractivity contribution in [2.45, 2.75) is 6.42 Å². The van der Waals surface area contributed by atoms with Crippen LogP contribution in [0.5, 0.6) is 0 Å². The number of hydroxylamine groups is 2. The molecule has 0 aliphatic carbocycles. The summed E-state index contributed by atoms with van der Waals surface area (Å²) in [5.41, 5.74) is 3.71. The van der Waals surface area contributed by atoms with Gasteiger partial charge in [-0.3, -0.25) is 0 Å². The van der Waals surface area contributed by atoms with Crippen LogP contribution >= 0.6 is 0 Å². The van der Waals surface area contributed by atoms with Crippen LogP contribution in [0.3, 0.4) is 0 Å². The lowest BCUT2D eigenvalue weighted by atomic mass is 9.99. The average molecular weight is 325 g/mol. The summed E-state index contributed by atoms with van der Waals surface area (Å²) in [5.74, 6) is 0. The average Bonchev–Trinajstić information content (AvgIpc) is 2.56. The van der Waals surface area contributed by atoms with Crippen molar-refractivity contribution in [3.05, 3.63) is 89.3 Å². The molecule has 116 valence electrons. The monoisotopic (exact) mass is 325 g/mol. The predicted octanol–water partition coefficient (Wildman–Crippen LogP) is 1.74. The van der Waals surface area contributed by atoms with E-state index in [2.05, 4.69) is 0 Å². The first-order valence-corrected chi connectivity index (χ1v) is 8.25. The molecule has 1 N–H and O–H groups in total. The Morgan fingerprint density at radius 1 is 0.913 bits per heavy atom. The fourth-order valence-corrected chi connectivity index (χ4v) is 3.14. The van der Waals surface area contributed by atoms with E-state index in [0.717, 1.165) is 16.7 Å². The van der Waals surface area contributed by atoms with Crippen LogP contribution in [-0.2, 0) is 16.7 Å². The summed E-state index contributed by atoms with van der Waals surface area (Å²) in [4.78, 5) is -0.139. The summed E-state index contributed by atoms with van der Waals surface area (Å²) in [6, 6.07) is 17.9. The van der Waals surface area contributed by atoms with Gasteiger partial charge in [0.1, 0.15) is 6.20 Å². The summed E-state index contributed by atoms with van der Waals surface area (Å²) in [6.07, 6.45) is 4.95. The summed E-state index contributed by atoms with van der Waals surface area (Å²) in [6.45, 7) is 0. The Bertz CT molecular complexity index is 887. The second-order valence-electron chi connectivity index (χ2n) is 5.22. The molecule has 23 heavy (non-hydrogen) atoms. The first-order chi connectivity index (χ1) is 11.1. The van der Waals surface area contributed by atoms with Crippen molar-refractivity contribution >= 4 is 15.3 Å². The van der Waals surface area contributed by atoms with E-state index in [1.807, 2.05) is 54.6 Å². The molecular weight excluding hydrogens is 310 g/mol. The molecule has 0 radical (unpaired) electrons. The molecule has 0 fully saturated rings. The highest BCUT2D eigenvalue weighted by Crippen LogP contribution is 2.20. The van der Waals surface area contributed by atoms with Gasteiger partial charge in [0.25, 0.3) is 15.3 Å². The second kappa shape index (κ2) is 6.75.